The number of nitrogens with one attached hydrogen (secondary N) is 2. The maximum absolute atomic E-state index is 12.4. The van der Waals surface area contributed by atoms with Crippen LogP contribution in [-0.2, 0) is 0 Å². The quantitative estimate of drug-likeness (QED) is 0.770. The molecular formula is C19H25N3O. The van der Waals surface area contributed by atoms with E-state index in [-0.39, 0.29) is 5.91 Å². The predicted octanol–water partition coefficient (Wildman–Crippen LogP) is 3.42. The first-order valence-electron chi connectivity index (χ1n) is 7.92. The number of carbonyl (C=O) groups is 1. The molecule has 0 saturated carbocycles. The van der Waals surface area contributed by atoms with Gasteiger partial charge >= 0.3 is 0 Å². The van der Waals surface area contributed by atoms with Gasteiger partial charge in [0.2, 0.25) is 0 Å². The van der Waals surface area contributed by atoms with Crippen LogP contribution >= 0.6 is 0 Å². The lowest BCUT2D eigenvalue weighted by Gasteiger charge is -2.14. The second-order valence-corrected chi connectivity index (χ2v) is 5.90. The minimum Gasteiger partial charge on any atom is -0.355 e. The maximum Gasteiger partial charge on any atom is 0.253 e. The number of carbonyl (C=O) groups excluding carboxylic acids is 1. The largest absolute Gasteiger partial charge is 0.355 e. The summed E-state index contributed by atoms with van der Waals surface area (Å²) >= 11 is 0. The van der Waals surface area contributed by atoms with E-state index in [1.165, 1.54) is 0 Å². The van der Waals surface area contributed by atoms with Crippen molar-refractivity contribution in [3.63, 3.8) is 0 Å². The Balaban J connectivity index is 2.05. The molecular weight excluding hydrogens is 286 g/mol. The highest BCUT2D eigenvalue weighted by Gasteiger charge is 2.11. The van der Waals surface area contributed by atoms with Crippen LogP contribution in [0.15, 0.2) is 48.5 Å². The van der Waals surface area contributed by atoms with Crippen LogP contribution < -0.4 is 10.6 Å². The fraction of sp³-hybridized carbons (Fsp3) is 0.316. The molecule has 0 bridgehead atoms. The van der Waals surface area contributed by atoms with Crippen molar-refractivity contribution in [3.8, 4) is 0 Å². The van der Waals surface area contributed by atoms with E-state index in [0.29, 0.717) is 12.1 Å². The molecule has 0 aliphatic heterocycles. The summed E-state index contributed by atoms with van der Waals surface area (Å²) in [5.74, 6) is -0.0413. The summed E-state index contributed by atoms with van der Waals surface area (Å²) in [6.45, 7) is 3.69. The fourth-order valence-corrected chi connectivity index (χ4v) is 2.34. The van der Waals surface area contributed by atoms with E-state index in [1.54, 1.807) is 0 Å². The van der Waals surface area contributed by atoms with Crippen molar-refractivity contribution in [2.75, 3.05) is 32.5 Å². The summed E-state index contributed by atoms with van der Waals surface area (Å²) in [4.78, 5) is 14.5. The highest BCUT2D eigenvalue weighted by Crippen LogP contribution is 2.23. The van der Waals surface area contributed by atoms with Gasteiger partial charge in [0.1, 0.15) is 0 Å². The van der Waals surface area contributed by atoms with Crippen LogP contribution in [0.4, 0.5) is 11.4 Å². The number of nitrogens with zero attached hydrogens (tertiary/aromatic N) is 1. The lowest BCUT2D eigenvalue weighted by molar-refractivity contribution is 0.0953. The number of hydrogen-bond donors (Lipinski definition) is 2. The van der Waals surface area contributed by atoms with Crippen LogP contribution in [0, 0.1) is 6.92 Å². The van der Waals surface area contributed by atoms with Crippen LogP contribution in [0.3, 0.4) is 0 Å². The zero-order chi connectivity index (χ0) is 16.7. The molecule has 0 fully saturated rings. The second kappa shape index (κ2) is 8.34. The molecule has 1 amide bonds. The molecule has 0 aliphatic carbocycles. The molecule has 2 aromatic rings. The Morgan fingerprint density at radius 3 is 2.35 bits per heavy atom. The summed E-state index contributed by atoms with van der Waals surface area (Å²) < 4.78 is 0. The first-order valence-corrected chi connectivity index (χ1v) is 7.92. The number of benzene rings is 2. The molecule has 0 unspecified atom stereocenters. The third-order valence-electron chi connectivity index (χ3n) is 3.65. The number of para-hydroxylation sites is 2. The SMILES string of the molecule is Cc1ccccc1Nc1ccccc1C(=O)NCCCN(C)C. The maximum atomic E-state index is 12.4. The van der Waals surface area contributed by atoms with Crippen LogP contribution in [0.1, 0.15) is 22.3 Å². The van der Waals surface area contributed by atoms with Gasteiger partial charge in [-0.1, -0.05) is 30.3 Å². The van der Waals surface area contributed by atoms with Crippen LogP contribution in [0.2, 0.25) is 0 Å². The third kappa shape index (κ3) is 5.11. The Kier molecular flexibility index (Phi) is 6.18. The monoisotopic (exact) mass is 311 g/mol. The smallest absolute Gasteiger partial charge is 0.253 e. The average Bonchev–Trinajstić information content (AvgIpc) is 2.54. The summed E-state index contributed by atoms with van der Waals surface area (Å²) in [6, 6.07) is 15.7. The molecule has 0 aromatic heterocycles. The summed E-state index contributed by atoms with van der Waals surface area (Å²) in [5.41, 5.74) is 3.65. The van der Waals surface area contributed by atoms with Gasteiger partial charge in [0.15, 0.2) is 0 Å². The van der Waals surface area contributed by atoms with Crippen molar-refractivity contribution in [1.82, 2.24) is 10.2 Å². The van der Waals surface area contributed by atoms with Crippen LogP contribution in [-0.4, -0.2) is 38.0 Å². The molecule has 0 spiro atoms. The Labute approximate surface area is 138 Å². The van der Waals surface area contributed by atoms with Crippen molar-refractivity contribution >= 4 is 17.3 Å². The lowest BCUT2D eigenvalue weighted by atomic mass is 10.1. The normalized spacial score (nSPS) is 10.6. The molecule has 2 rings (SSSR count). The second-order valence-electron chi connectivity index (χ2n) is 5.90. The van der Waals surface area contributed by atoms with Gasteiger partial charge in [-0.15, -0.1) is 0 Å². The Morgan fingerprint density at radius 2 is 1.65 bits per heavy atom. The van der Waals surface area contributed by atoms with Crippen molar-refractivity contribution < 1.29 is 4.79 Å². The first-order chi connectivity index (χ1) is 11.1. The molecule has 122 valence electrons. The van der Waals surface area contributed by atoms with Gasteiger partial charge in [-0.2, -0.15) is 0 Å². The van der Waals surface area contributed by atoms with Crippen molar-refractivity contribution in [2.24, 2.45) is 0 Å². The van der Waals surface area contributed by atoms with Crippen LogP contribution in [0.5, 0.6) is 0 Å². The summed E-state index contributed by atoms with van der Waals surface area (Å²) in [6.07, 6.45) is 0.937. The van der Waals surface area contributed by atoms with E-state index < -0.39 is 0 Å². The Hall–Kier alpha value is -2.33. The third-order valence-corrected chi connectivity index (χ3v) is 3.65. The minimum atomic E-state index is -0.0413. The lowest BCUT2D eigenvalue weighted by Crippen LogP contribution is -2.27. The van der Waals surface area contributed by atoms with Gasteiger partial charge in [0.25, 0.3) is 5.91 Å². The van der Waals surface area contributed by atoms with E-state index >= 15 is 0 Å². The van der Waals surface area contributed by atoms with Crippen molar-refractivity contribution in [1.29, 1.82) is 0 Å². The van der Waals surface area contributed by atoms with Crippen LogP contribution in [0.25, 0.3) is 0 Å². The zero-order valence-electron chi connectivity index (χ0n) is 14.1. The molecule has 2 N–H and O–H groups in total. The fourth-order valence-electron chi connectivity index (χ4n) is 2.34. The molecule has 0 heterocycles. The number of rotatable bonds is 7. The molecule has 23 heavy (non-hydrogen) atoms. The number of hydrogen-bond acceptors (Lipinski definition) is 3. The standard InChI is InChI=1S/C19H25N3O/c1-15-9-4-6-11-17(15)21-18-12-7-5-10-16(18)19(23)20-13-8-14-22(2)3/h4-7,9-12,21H,8,13-14H2,1-3H3,(H,20,23). The van der Waals surface area contributed by atoms with Gasteiger partial charge in [-0.05, 0) is 57.7 Å². The van der Waals surface area contributed by atoms with Gasteiger partial charge in [0, 0.05) is 12.2 Å². The zero-order valence-corrected chi connectivity index (χ0v) is 14.1. The van der Waals surface area contributed by atoms with E-state index in [1.807, 2.05) is 69.6 Å². The molecule has 4 nitrogen and oxygen atoms in total. The van der Waals surface area contributed by atoms with Gasteiger partial charge in [0.05, 0.1) is 11.3 Å². The molecule has 0 radical (unpaired) electrons. The summed E-state index contributed by atoms with van der Waals surface area (Å²) in [7, 11) is 4.06. The molecule has 0 aliphatic rings. The Morgan fingerprint density at radius 1 is 1.00 bits per heavy atom. The van der Waals surface area contributed by atoms with E-state index in [0.717, 1.165) is 29.9 Å². The first kappa shape index (κ1) is 17.0. The van der Waals surface area contributed by atoms with E-state index in [4.69, 9.17) is 0 Å². The minimum absolute atomic E-state index is 0.0413. The molecule has 0 atom stereocenters. The number of amides is 1. The topological polar surface area (TPSA) is 44.4 Å². The van der Waals surface area contributed by atoms with E-state index in [2.05, 4.69) is 15.5 Å². The van der Waals surface area contributed by atoms with Crippen molar-refractivity contribution in [3.05, 3.63) is 59.7 Å². The van der Waals surface area contributed by atoms with Gasteiger partial charge in [-0.3, -0.25) is 4.79 Å². The molecule has 0 saturated heterocycles. The summed E-state index contributed by atoms with van der Waals surface area (Å²) in [5, 5.41) is 6.35. The van der Waals surface area contributed by atoms with E-state index in [9.17, 15) is 4.79 Å². The average molecular weight is 311 g/mol. The Bertz CT molecular complexity index is 653. The van der Waals surface area contributed by atoms with Crippen molar-refractivity contribution in [2.45, 2.75) is 13.3 Å². The molecule has 4 heteroatoms. The number of aryl methyl sites for hydroxylation is 1. The predicted molar refractivity (Wildman–Crippen MR) is 96.4 cm³/mol. The highest BCUT2D eigenvalue weighted by atomic mass is 16.1. The molecule has 2 aromatic carbocycles. The van der Waals surface area contributed by atoms with Gasteiger partial charge < -0.3 is 15.5 Å². The highest BCUT2D eigenvalue weighted by molar-refractivity contribution is 6.00. The number of anilines is 2. The van der Waals surface area contributed by atoms with Gasteiger partial charge in [-0.25, -0.2) is 0 Å².